The second-order valence-electron chi connectivity index (χ2n) is 9.74. The minimum Gasteiger partial charge on any atom is -0.299 e. The molecule has 2 heteroatoms. The lowest BCUT2D eigenvalue weighted by Gasteiger charge is -2.57. The molecule has 1 spiro atoms. The molecule has 0 aromatic heterocycles. The highest BCUT2D eigenvalue weighted by molar-refractivity contribution is 5.98. The van der Waals surface area contributed by atoms with E-state index in [1.165, 1.54) is 18.4 Å². The molecule has 0 radical (unpaired) electrons. The second kappa shape index (κ2) is 4.18. The van der Waals surface area contributed by atoms with Crippen molar-refractivity contribution in [3.8, 4) is 0 Å². The number of fused-ring (bicyclic) bond motifs is 5. The number of hydrogen-bond donors (Lipinski definition) is 0. The highest BCUT2D eigenvalue weighted by atomic mass is 16.1. The van der Waals surface area contributed by atoms with Crippen molar-refractivity contribution >= 4 is 11.6 Å². The molecule has 0 heterocycles. The van der Waals surface area contributed by atoms with Gasteiger partial charge in [-0.15, -0.1) is 0 Å². The van der Waals surface area contributed by atoms with Crippen LogP contribution in [0, 0.1) is 34.0 Å². The minimum atomic E-state index is -0.0273. The molecule has 0 aromatic rings. The Balaban J connectivity index is 1.54. The van der Waals surface area contributed by atoms with Gasteiger partial charge in [0.2, 0.25) is 0 Å². The molecule has 0 aliphatic heterocycles. The fourth-order valence-electron chi connectivity index (χ4n) is 7.26. The summed E-state index contributed by atoms with van der Waals surface area (Å²) in [6.07, 6.45) is 11.9. The first-order valence-electron chi connectivity index (χ1n) is 9.68. The largest absolute Gasteiger partial charge is 0.299 e. The van der Waals surface area contributed by atoms with E-state index in [0.29, 0.717) is 29.3 Å². The van der Waals surface area contributed by atoms with Crippen molar-refractivity contribution in [3.63, 3.8) is 0 Å². The smallest absolute Gasteiger partial charge is 0.161 e. The van der Waals surface area contributed by atoms with Gasteiger partial charge in [0.1, 0.15) is 5.78 Å². The van der Waals surface area contributed by atoms with E-state index in [1.54, 1.807) is 0 Å². The van der Waals surface area contributed by atoms with Crippen LogP contribution in [0.25, 0.3) is 0 Å². The molecule has 0 saturated heterocycles. The number of rotatable bonds is 0. The number of carbonyl (C=O) groups is 2. The maximum Gasteiger partial charge on any atom is 0.161 e. The van der Waals surface area contributed by atoms with E-state index >= 15 is 0 Å². The van der Waals surface area contributed by atoms with E-state index in [0.717, 1.165) is 44.9 Å². The molecule has 5 aliphatic carbocycles. The third-order valence-corrected chi connectivity index (χ3v) is 8.83. The van der Waals surface area contributed by atoms with Crippen LogP contribution < -0.4 is 0 Å². The summed E-state index contributed by atoms with van der Waals surface area (Å²) in [7, 11) is 0. The molecule has 0 aromatic carbocycles. The van der Waals surface area contributed by atoms with Gasteiger partial charge in [0, 0.05) is 17.3 Å². The normalized spacial score (nSPS) is 50.2. The Kier molecular flexibility index (Phi) is 2.62. The number of ketones is 2. The van der Waals surface area contributed by atoms with Gasteiger partial charge in [0.15, 0.2) is 5.78 Å². The van der Waals surface area contributed by atoms with Crippen molar-refractivity contribution in [2.45, 2.75) is 71.6 Å². The molecule has 4 saturated carbocycles. The molecular weight excluding hydrogens is 284 g/mol. The zero-order valence-corrected chi connectivity index (χ0v) is 14.5. The van der Waals surface area contributed by atoms with E-state index in [9.17, 15) is 9.59 Å². The zero-order chi connectivity index (χ0) is 16.0. The van der Waals surface area contributed by atoms with E-state index in [-0.39, 0.29) is 16.2 Å². The average molecular weight is 312 g/mol. The highest BCUT2D eigenvalue weighted by Gasteiger charge is 2.63. The molecular formula is C21H28O2. The van der Waals surface area contributed by atoms with Crippen LogP contribution in [-0.4, -0.2) is 11.6 Å². The Morgan fingerprint density at radius 3 is 2.39 bits per heavy atom. The van der Waals surface area contributed by atoms with Gasteiger partial charge in [-0.2, -0.15) is 0 Å². The second-order valence-corrected chi connectivity index (χ2v) is 9.74. The van der Waals surface area contributed by atoms with Gasteiger partial charge in [-0.05, 0) is 80.6 Å². The van der Waals surface area contributed by atoms with Crippen LogP contribution >= 0.6 is 0 Å². The van der Waals surface area contributed by atoms with E-state index < -0.39 is 0 Å². The summed E-state index contributed by atoms with van der Waals surface area (Å²) >= 11 is 0. The van der Waals surface area contributed by atoms with Crippen LogP contribution in [0.4, 0.5) is 0 Å². The first kappa shape index (κ1) is 14.4. The summed E-state index contributed by atoms with van der Waals surface area (Å²) in [6, 6.07) is 0. The zero-order valence-electron chi connectivity index (χ0n) is 14.5. The van der Waals surface area contributed by atoms with Crippen LogP contribution in [-0.2, 0) is 9.59 Å². The molecule has 0 N–H and O–H groups in total. The molecule has 2 nitrogen and oxygen atoms in total. The maximum atomic E-state index is 12.5. The Bertz CT molecular complexity index is 640. The fourth-order valence-corrected chi connectivity index (χ4v) is 7.26. The number of allylic oxidation sites excluding steroid dienone is 1. The standard InChI is InChI=1S/C21H28O2/c1-19-8-7-16-14(15(19)5-6-17(19)22)4-3-13-11-18(23)21(9-10-21)12-20(13,16)2/h11,14-16H,3-10,12H2,1-2H3/t14-,15-,16-,19-,20-/m0/s1. The molecule has 4 fully saturated rings. The average Bonchev–Trinajstić information content (AvgIpc) is 3.21. The Morgan fingerprint density at radius 1 is 0.913 bits per heavy atom. The van der Waals surface area contributed by atoms with Crippen LogP contribution in [0.2, 0.25) is 0 Å². The number of Topliss-reactive ketones (excluding diaryl/α,β-unsaturated/α-hetero) is 1. The quantitative estimate of drug-likeness (QED) is 0.661. The lowest BCUT2D eigenvalue weighted by atomic mass is 9.46. The molecule has 0 unspecified atom stereocenters. The van der Waals surface area contributed by atoms with E-state index in [4.69, 9.17) is 0 Å². The van der Waals surface area contributed by atoms with Crippen molar-refractivity contribution in [1.82, 2.24) is 0 Å². The van der Waals surface area contributed by atoms with E-state index in [2.05, 4.69) is 19.9 Å². The van der Waals surface area contributed by atoms with Crippen LogP contribution in [0.1, 0.15) is 71.6 Å². The Labute approximate surface area is 139 Å². The first-order chi connectivity index (χ1) is 10.9. The monoisotopic (exact) mass is 312 g/mol. The van der Waals surface area contributed by atoms with Gasteiger partial charge < -0.3 is 0 Å². The summed E-state index contributed by atoms with van der Waals surface area (Å²) in [4.78, 5) is 25.0. The number of carbonyl (C=O) groups excluding carboxylic acids is 2. The van der Waals surface area contributed by atoms with Gasteiger partial charge in [0.05, 0.1) is 0 Å². The Morgan fingerprint density at radius 2 is 1.65 bits per heavy atom. The summed E-state index contributed by atoms with van der Waals surface area (Å²) in [5, 5.41) is 0. The van der Waals surface area contributed by atoms with Crippen molar-refractivity contribution < 1.29 is 9.59 Å². The van der Waals surface area contributed by atoms with Gasteiger partial charge in [-0.25, -0.2) is 0 Å². The molecule has 23 heavy (non-hydrogen) atoms. The van der Waals surface area contributed by atoms with Crippen LogP contribution in [0.3, 0.4) is 0 Å². The highest BCUT2D eigenvalue weighted by Crippen LogP contribution is 2.68. The molecule has 0 amide bonds. The summed E-state index contributed by atoms with van der Waals surface area (Å²) in [6.45, 7) is 4.71. The van der Waals surface area contributed by atoms with Crippen molar-refractivity contribution in [2.75, 3.05) is 0 Å². The van der Waals surface area contributed by atoms with Crippen molar-refractivity contribution in [1.29, 1.82) is 0 Å². The molecule has 5 rings (SSSR count). The molecule has 5 atom stereocenters. The predicted octanol–water partition coefficient (Wildman–Crippen LogP) is 4.48. The topological polar surface area (TPSA) is 34.1 Å². The Hall–Kier alpha value is -0.920. The predicted molar refractivity (Wildman–Crippen MR) is 88.8 cm³/mol. The van der Waals surface area contributed by atoms with Crippen LogP contribution in [0.15, 0.2) is 11.6 Å². The van der Waals surface area contributed by atoms with Gasteiger partial charge >= 0.3 is 0 Å². The molecule has 0 bridgehead atoms. The third-order valence-electron chi connectivity index (χ3n) is 8.83. The minimum absolute atomic E-state index is 0.0202. The lowest BCUT2D eigenvalue weighted by Crippen LogP contribution is -2.51. The van der Waals surface area contributed by atoms with Crippen LogP contribution in [0.5, 0.6) is 0 Å². The molecule has 124 valence electrons. The van der Waals surface area contributed by atoms with Gasteiger partial charge in [-0.3, -0.25) is 9.59 Å². The number of hydrogen-bond acceptors (Lipinski definition) is 2. The van der Waals surface area contributed by atoms with Gasteiger partial charge in [-0.1, -0.05) is 19.4 Å². The lowest BCUT2D eigenvalue weighted by molar-refractivity contribution is -0.133. The SMILES string of the molecule is C[C@]12CC3(CC3)C(=O)C=C1CC[C@@H]1[C@@H]2CC[C@]2(C)C(=O)CC[C@@H]12. The fraction of sp³-hybridized carbons (Fsp3) is 0.810. The van der Waals surface area contributed by atoms with Gasteiger partial charge in [0.25, 0.3) is 0 Å². The summed E-state index contributed by atoms with van der Waals surface area (Å²) in [5.74, 6) is 2.99. The first-order valence-corrected chi connectivity index (χ1v) is 9.68. The van der Waals surface area contributed by atoms with Crippen molar-refractivity contribution in [2.24, 2.45) is 34.0 Å². The maximum absolute atomic E-state index is 12.5. The molecule has 5 aliphatic rings. The van der Waals surface area contributed by atoms with E-state index in [1.807, 2.05) is 0 Å². The summed E-state index contributed by atoms with van der Waals surface area (Å²) < 4.78 is 0. The third kappa shape index (κ3) is 1.66. The van der Waals surface area contributed by atoms with Crippen molar-refractivity contribution in [3.05, 3.63) is 11.6 Å². The summed E-state index contributed by atoms with van der Waals surface area (Å²) in [5.41, 5.74) is 1.68.